The van der Waals surface area contributed by atoms with Crippen LogP contribution in [0.1, 0.15) is 55.5 Å². The Labute approximate surface area is 183 Å². The molecule has 0 bridgehead atoms. The van der Waals surface area contributed by atoms with E-state index in [4.69, 9.17) is 5.10 Å². The molecule has 2 aliphatic carbocycles. The lowest BCUT2D eigenvalue weighted by atomic mass is 9.54. The largest absolute Gasteiger partial charge is 0.385 e. The molecule has 3 atom stereocenters. The fraction of sp³-hybridized carbons (Fsp3) is 0.370. The van der Waals surface area contributed by atoms with Gasteiger partial charge in [0.1, 0.15) is 5.82 Å². The smallest absolute Gasteiger partial charge is 0.123 e. The van der Waals surface area contributed by atoms with Gasteiger partial charge in [-0.05, 0) is 86.4 Å². The fourth-order valence-electron chi connectivity index (χ4n) is 5.82. The van der Waals surface area contributed by atoms with Crippen LogP contribution in [0.25, 0.3) is 11.8 Å². The number of rotatable bonds is 3. The van der Waals surface area contributed by atoms with E-state index in [1.165, 1.54) is 28.8 Å². The van der Waals surface area contributed by atoms with E-state index in [0.29, 0.717) is 0 Å². The molecule has 1 aromatic heterocycles. The van der Waals surface area contributed by atoms with Crippen molar-refractivity contribution >= 4 is 6.08 Å². The monoisotopic (exact) mass is 416 g/mol. The third kappa shape index (κ3) is 3.25. The van der Waals surface area contributed by atoms with E-state index >= 15 is 0 Å². The standard InChI is InChI=1S/C27H29FN2O/c1-18-7-13-23(14-8-18)30-24-15-21-5-4-6-25(26(21,2)16-19(24)17-29-30)27(3,31)20-9-11-22(28)12-10-20/h7-15,17,25,31H,4-6,16H2,1-3H3/t25-,26-,27-/m0/s1. The lowest BCUT2D eigenvalue weighted by Gasteiger charge is -2.51. The number of aryl methyl sites for hydroxylation is 1. The summed E-state index contributed by atoms with van der Waals surface area (Å²) in [5.74, 6) is -0.234. The van der Waals surface area contributed by atoms with Crippen LogP contribution in [0.5, 0.6) is 0 Å². The molecule has 1 saturated carbocycles. The Morgan fingerprint density at radius 3 is 2.55 bits per heavy atom. The van der Waals surface area contributed by atoms with E-state index in [9.17, 15) is 9.50 Å². The molecule has 2 aliphatic rings. The van der Waals surface area contributed by atoms with Gasteiger partial charge >= 0.3 is 0 Å². The lowest BCUT2D eigenvalue weighted by molar-refractivity contribution is -0.0659. The van der Waals surface area contributed by atoms with Crippen molar-refractivity contribution in [2.24, 2.45) is 11.3 Å². The number of aromatic nitrogens is 2. The van der Waals surface area contributed by atoms with Crippen LogP contribution >= 0.6 is 0 Å². The van der Waals surface area contributed by atoms with Crippen molar-refractivity contribution in [2.45, 2.75) is 52.1 Å². The Hall–Kier alpha value is -2.72. The van der Waals surface area contributed by atoms with Gasteiger partial charge in [0.05, 0.1) is 23.2 Å². The van der Waals surface area contributed by atoms with E-state index in [1.807, 2.05) is 17.8 Å². The molecule has 3 aromatic rings. The molecular formula is C27H29FN2O. The number of nitrogens with zero attached hydrogens (tertiary/aromatic N) is 2. The van der Waals surface area contributed by atoms with E-state index in [2.05, 4.69) is 44.2 Å². The van der Waals surface area contributed by atoms with Gasteiger partial charge in [-0.25, -0.2) is 9.07 Å². The summed E-state index contributed by atoms with van der Waals surface area (Å²) in [6.45, 7) is 6.27. The third-order valence-corrected chi connectivity index (χ3v) is 7.58. The second kappa shape index (κ2) is 7.16. The van der Waals surface area contributed by atoms with Crippen molar-refractivity contribution < 1.29 is 9.50 Å². The lowest BCUT2D eigenvalue weighted by Crippen LogP contribution is -2.47. The Morgan fingerprint density at radius 2 is 1.84 bits per heavy atom. The zero-order chi connectivity index (χ0) is 21.8. The van der Waals surface area contributed by atoms with Crippen LogP contribution in [-0.4, -0.2) is 14.9 Å². The second-order valence-electron chi connectivity index (χ2n) is 9.67. The Bertz CT molecular complexity index is 1140. The van der Waals surface area contributed by atoms with Crippen LogP contribution < -0.4 is 0 Å². The number of hydrogen-bond donors (Lipinski definition) is 1. The zero-order valence-electron chi connectivity index (χ0n) is 18.4. The number of aliphatic hydroxyl groups is 1. The first kappa shape index (κ1) is 20.2. The molecule has 0 spiro atoms. The maximum atomic E-state index is 13.5. The normalized spacial score (nSPS) is 24.7. The molecule has 0 aliphatic heterocycles. The number of allylic oxidation sites excluding steroid dienone is 1. The molecular weight excluding hydrogens is 387 g/mol. The van der Waals surface area contributed by atoms with E-state index in [0.717, 1.165) is 42.6 Å². The molecule has 160 valence electrons. The van der Waals surface area contributed by atoms with Crippen molar-refractivity contribution in [3.05, 3.63) is 88.5 Å². The van der Waals surface area contributed by atoms with Gasteiger partial charge < -0.3 is 5.11 Å². The molecule has 2 aromatic carbocycles. The highest BCUT2D eigenvalue weighted by Crippen LogP contribution is 2.56. The first-order valence-electron chi connectivity index (χ1n) is 11.1. The maximum Gasteiger partial charge on any atom is 0.123 e. The molecule has 0 unspecified atom stereocenters. The van der Waals surface area contributed by atoms with Crippen LogP contribution in [0.4, 0.5) is 4.39 Å². The maximum absolute atomic E-state index is 13.5. The van der Waals surface area contributed by atoms with Crippen LogP contribution in [0.2, 0.25) is 0 Å². The minimum Gasteiger partial charge on any atom is -0.385 e. The number of fused-ring (bicyclic) bond motifs is 2. The molecule has 1 N–H and O–H groups in total. The topological polar surface area (TPSA) is 38.0 Å². The van der Waals surface area contributed by atoms with E-state index in [-0.39, 0.29) is 17.2 Å². The zero-order valence-corrected chi connectivity index (χ0v) is 18.4. The van der Waals surface area contributed by atoms with Gasteiger partial charge in [0, 0.05) is 5.92 Å². The van der Waals surface area contributed by atoms with Crippen molar-refractivity contribution in [1.82, 2.24) is 9.78 Å². The first-order chi connectivity index (χ1) is 14.8. The van der Waals surface area contributed by atoms with Gasteiger partial charge in [-0.3, -0.25) is 0 Å². The fourth-order valence-corrected chi connectivity index (χ4v) is 5.82. The molecule has 5 rings (SSSR count). The Kier molecular flexibility index (Phi) is 4.67. The minimum absolute atomic E-state index is 0.0429. The van der Waals surface area contributed by atoms with Crippen LogP contribution in [0.15, 0.2) is 60.3 Å². The highest BCUT2D eigenvalue weighted by atomic mass is 19.1. The number of halogens is 1. The van der Waals surface area contributed by atoms with E-state index < -0.39 is 5.60 Å². The summed E-state index contributed by atoms with van der Waals surface area (Å²) in [7, 11) is 0. The molecule has 0 radical (unpaired) electrons. The van der Waals surface area contributed by atoms with Crippen molar-refractivity contribution in [2.75, 3.05) is 0 Å². The van der Waals surface area contributed by atoms with Crippen molar-refractivity contribution in [3.8, 4) is 5.69 Å². The van der Waals surface area contributed by atoms with Gasteiger partial charge in [-0.15, -0.1) is 0 Å². The molecule has 0 amide bonds. The molecule has 1 heterocycles. The van der Waals surface area contributed by atoms with E-state index in [1.54, 1.807) is 12.1 Å². The highest BCUT2D eigenvalue weighted by molar-refractivity contribution is 5.61. The second-order valence-corrected chi connectivity index (χ2v) is 9.67. The molecule has 3 nitrogen and oxygen atoms in total. The summed E-state index contributed by atoms with van der Waals surface area (Å²) in [6.07, 6.45) is 8.15. The van der Waals surface area contributed by atoms with Crippen LogP contribution in [0.3, 0.4) is 0 Å². The molecule has 31 heavy (non-hydrogen) atoms. The van der Waals surface area contributed by atoms with Gasteiger partial charge in [0.25, 0.3) is 0 Å². The van der Waals surface area contributed by atoms with Crippen LogP contribution in [-0.2, 0) is 12.0 Å². The average Bonchev–Trinajstić information content (AvgIpc) is 3.14. The summed E-state index contributed by atoms with van der Waals surface area (Å²) in [5, 5.41) is 16.4. The number of hydrogen-bond acceptors (Lipinski definition) is 2. The summed E-state index contributed by atoms with van der Waals surface area (Å²) in [5.41, 5.74) is 5.63. The summed E-state index contributed by atoms with van der Waals surface area (Å²) in [4.78, 5) is 0. The average molecular weight is 417 g/mol. The summed E-state index contributed by atoms with van der Waals surface area (Å²) >= 11 is 0. The third-order valence-electron chi connectivity index (χ3n) is 7.58. The Morgan fingerprint density at radius 1 is 1.13 bits per heavy atom. The minimum atomic E-state index is -1.04. The van der Waals surface area contributed by atoms with Crippen LogP contribution in [0, 0.1) is 24.1 Å². The van der Waals surface area contributed by atoms with Crippen molar-refractivity contribution in [1.29, 1.82) is 0 Å². The summed E-state index contributed by atoms with van der Waals surface area (Å²) < 4.78 is 15.5. The first-order valence-corrected chi connectivity index (χ1v) is 11.1. The van der Waals surface area contributed by atoms with Crippen molar-refractivity contribution in [3.63, 3.8) is 0 Å². The predicted molar refractivity (Wildman–Crippen MR) is 121 cm³/mol. The van der Waals surface area contributed by atoms with Gasteiger partial charge in [-0.2, -0.15) is 5.10 Å². The highest BCUT2D eigenvalue weighted by Gasteiger charge is 2.51. The SMILES string of the molecule is Cc1ccc(-n2ncc3c2C=C2CCC[C@H]([C@@](C)(O)c4ccc(F)cc4)[C@@]2(C)C3)cc1. The summed E-state index contributed by atoms with van der Waals surface area (Å²) in [6, 6.07) is 14.8. The van der Waals surface area contributed by atoms with Gasteiger partial charge in [0.15, 0.2) is 0 Å². The Balaban J connectivity index is 1.55. The molecule has 4 heteroatoms. The van der Waals surface area contributed by atoms with Gasteiger partial charge in [0.2, 0.25) is 0 Å². The molecule has 1 fully saturated rings. The predicted octanol–water partition coefficient (Wildman–Crippen LogP) is 5.97. The molecule has 0 saturated heterocycles. The van der Waals surface area contributed by atoms with Gasteiger partial charge in [-0.1, -0.05) is 42.3 Å². The quantitative estimate of drug-likeness (QED) is 0.571. The number of benzene rings is 2.